The van der Waals surface area contributed by atoms with Gasteiger partial charge in [-0.05, 0) is 39.6 Å². The van der Waals surface area contributed by atoms with E-state index in [0.29, 0.717) is 13.1 Å². The molecule has 5 nitrogen and oxygen atoms in total. The molecule has 8 heteroatoms. The molecule has 42 heavy (non-hydrogen) atoms. The van der Waals surface area contributed by atoms with Crippen molar-refractivity contribution < 1.29 is 18.0 Å². The Morgan fingerprint density at radius 2 is 1.60 bits per heavy atom. The number of hydrogen-bond donors (Lipinski definition) is 1. The van der Waals surface area contributed by atoms with Crippen molar-refractivity contribution in [3.63, 3.8) is 0 Å². The van der Waals surface area contributed by atoms with Crippen LogP contribution in [0.4, 0.5) is 4.39 Å². The van der Waals surface area contributed by atoms with Crippen LogP contribution < -0.4 is 15.7 Å². The molecule has 0 aromatic heterocycles. The Hall–Kier alpha value is -2.30. The number of rotatable bonds is 9. The Balaban J connectivity index is 1.82. The standard InChI is InChI=1S/C34H49FN2O3Si2/c1-10-21-34(25-38-42(33(5,6)7,28-17-13-11-14-18-28)29-19-15-12-16-20-29)30(40-41(8,9)32(2,3)4)22-31(39-34)37-24-27(35)23-36-26-37/h11-21,24,30-31,36H,1,22-23,25-26H2,2-9H3/t30-,31+,34+/m0/s1. The highest BCUT2D eigenvalue weighted by atomic mass is 28.4. The zero-order chi connectivity index (χ0) is 30.8. The molecule has 0 spiro atoms. The summed E-state index contributed by atoms with van der Waals surface area (Å²) >= 11 is 0. The van der Waals surface area contributed by atoms with E-state index in [1.807, 2.05) is 23.1 Å². The molecule has 0 aliphatic carbocycles. The molecule has 1 fully saturated rings. The quantitative estimate of drug-likeness (QED) is 0.262. The zero-order valence-corrected chi connectivity index (χ0v) is 28.7. The molecular formula is C34H49FN2O3Si2. The summed E-state index contributed by atoms with van der Waals surface area (Å²) in [4.78, 5) is 1.89. The maximum absolute atomic E-state index is 14.4. The third-order valence-corrected chi connectivity index (χ3v) is 18.6. The van der Waals surface area contributed by atoms with Crippen molar-refractivity contribution in [2.75, 3.05) is 19.8 Å². The first-order chi connectivity index (χ1) is 19.7. The van der Waals surface area contributed by atoms with E-state index in [-0.39, 0.29) is 35.2 Å². The molecule has 4 rings (SSSR count). The van der Waals surface area contributed by atoms with Crippen LogP contribution >= 0.6 is 0 Å². The van der Waals surface area contributed by atoms with Gasteiger partial charge in [0.1, 0.15) is 17.7 Å². The predicted molar refractivity (Wildman–Crippen MR) is 175 cm³/mol. The largest absolute Gasteiger partial charge is 0.410 e. The van der Waals surface area contributed by atoms with E-state index in [1.54, 1.807) is 6.20 Å². The second-order valence-electron chi connectivity index (χ2n) is 14.1. The van der Waals surface area contributed by atoms with Gasteiger partial charge in [-0.1, -0.05) is 109 Å². The van der Waals surface area contributed by atoms with E-state index >= 15 is 0 Å². The van der Waals surface area contributed by atoms with Gasteiger partial charge in [-0.25, -0.2) is 4.39 Å². The van der Waals surface area contributed by atoms with Gasteiger partial charge in [-0.15, -0.1) is 5.73 Å². The van der Waals surface area contributed by atoms with Gasteiger partial charge >= 0.3 is 0 Å². The van der Waals surface area contributed by atoms with Gasteiger partial charge in [0.05, 0.1) is 25.9 Å². The molecule has 1 N–H and O–H groups in total. The second kappa shape index (κ2) is 12.4. The molecule has 2 heterocycles. The van der Waals surface area contributed by atoms with Crippen LogP contribution in [0.3, 0.4) is 0 Å². The lowest BCUT2D eigenvalue weighted by Crippen LogP contribution is -2.68. The first-order valence-electron chi connectivity index (χ1n) is 15.0. The lowest BCUT2D eigenvalue weighted by Gasteiger charge is -2.46. The van der Waals surface area contributed by atoms with Crippen LogP contribution in [0.2, 0.25) is 23.2 Å². The van der Waals surface area contributed by atoms with Gasteiger partial charge in [0, 0.05) is 12.6 Å². The lowest BCUT2D eigenvalue weighted by atomic mass is 9.97. The molecule has 3 atom stereocenters. The normalized spacial score (nSPS) is 23.8. The molecule has 2 aliphatic heterocycles. The monoisotopic (exact) mass is 608 g/mol. The zero-order valence-electron chi connectivity index (χ0n) is 26.7. The molecule has 2 aromatic carbocycles. The highest BCUT2D eigenvalue weighted by molar-refractivity contribution is 6.99. The number of halogens is 1. The molecule has 0 bridgehead atoms. The molecular weight excluding hydrogens is 560 g/mol. The lowest BCUT2D eigenvalue weighted by molar-refractivity contribution is -0.107. The van der Waals surface area contributed by atoms with Crippen LogP contribution in [0.1, 0.15) is 48.0 Å². The third-order valence-electron chi connectivity index (χ3n) is 9.10. The number of benzene rings is 2. The fraction of sp³-hybridized carbons (Fsp3) is 0.500. The molecule has 1 saturated heterocycles. The minimum absolute atomic E-state index is 0.00768. The summed E-state index contributed by atoms with van der Waals surface area (Å²) in [5.74, 6) is -0.216. The average Bonchev–Trinajstić information content (AvgIpc) is 3.26. The fourth-order valence-electron chi connectivity index (χ4n) is 5.85. The minimum Gasteiger partial charge on any atom is -0.410 e. The van der Waals surface area contributed by atoms with Crippen molar-refractivity contribution in [1.82, 2.24) is 10.2 Å². The van der Waals surface area contributed by atoms with Crippen LogP contribution in [-0.4, -0.2) is 59.3 Å². The van der Waals surface area contributed by atoms with Crippen LogP contribution in [-0.2, 0) is 13.6 Å². The summed E-state index contributed by atoms with van der Waals surface area (Å²) in [7, 11) is -5.12. The second-order valence-corrected chi connectivity index (χ2v) is 23.2. The minimum atomic E-state index is -2.88. The summed E-state index contributed by atoms with van der Waals surface area (Å²) in [5, 5.41) is 5.32. The van der Waals surface area contributed by atoms with E-state index in [9.17, 15) is 4.39 Å². The van der Waals surface area contributed by atoms with Crippen LogP contribution in [0, 0.1) is 0 Å². The van der Waals surface area contributed by atoms with Crippen LogP contribution in [0.25, 0.3) is 0 Å². The highest BCUT2D eigenvalue weighted by Crippen LogP contribution is 2.45. The van der Waals surface area contributed by atoms with Gasteiger partial charge in [0.15, 0.2) is 8.32 Å². The molecule has 0 amide bonds. The predicted octanol–water partition coefficient (Wildman–Crippen LogP) is 6.45. The number of ether oxygens (including phenoxy) is 1. The summed E-state index contributed by atoms with van der Waals surface area (Å²) in [5.41, 5.74) is 2.08. The summed E-state index contributed by atoms with van der Waals surface area (Å²) in [6, 6.07) is 21.2. The van der Waals surface area contributed by atoms with E-state index in [4.69, 9.17) is 13.6 Å². The first kappa shape index (κ1) is 32.6. The maximum Gasteiger partial charge on any atom is 0.261 e. The van der Waals surface area contributed by atoms with E-state index in [0.717, 1.165) is 0 Å². The fourth-order valence-corrected chi connectivity index (χ4v) is 11.8. The molecule has 2 aliphatic rings. The third kappa shape index (κ3) is 6.46. The Kier molecular flexibility index (Phi) is 9.60. The maximum atomic E-state index is 14.4. The summed E-state index contributed by atoms with van der Waals surface area (Å²) < 4.78 is 35.9. The van der Waals surface area contributed by atoms with Gasteiger partial charge in [-0.3, -0.25) is 5.32 Å². The van der Waals surface area contributed by atoms with Crippen molar-refractivity contribution in [3.8, 4) is 0 Å². The first-order valence-corrected chi connectivity index (χ1v) is 19.8. The molecule has 0 radical (unpaired) electrons. The van der Waals surface area contributed by atoms with E-state index < -0.39 is 28.5 Å². The Morgan fingerprint density at radius 1 is 1.02 bits per heavy atom. The van der Waals surface area contributed by atoms with Gasteiger partial charge in [0.2, 0.25) is 0 Å². The van der Waals surface area contributed by atoms with E-state index in [2.05, 4.69) is 121 Å². The van der Waals surface area contributed by atoms with Gasteiger partial charge < -0.3 is 18.5 Å². The van der Waals surface area contributed by atoms with Gasteiger partial charge in [0.25, 0.3) is 8.32 Å². The topological polar surface area (TPSA) is 43.0 Å². The Morgan fingerprint density at radius 3 is 2.07 bits per heavy atom. The molecule has 0 unspecified atom stereocenters. The Labute approximate surface area is 254 Å². The van der Waals surface area contributed by atoms with Crippen molar-refractivity contribution in [1.29, 1.82) is 0 Å². The van der Waals surface area contributed by atoms with Crippen molar-refractivity contribution in [3.05, 3.63) is 91.1 Å². The van der Waals surface area contributed by atoms with Crippen molar-refractivity contribution in [2.45, 2.75) is 89.1 Å². The number of hydrogen-bond acceptors (Lipinski definition) is 5. The van der Waals surface area contributed by atoms with Crippen molar-refractivity contribution >= 4 is 27.0 Å². The van der Waals surface area contributed by atoms with Crippen LogP contribution in [0.15, 0.2) is 91.1 Å². The molecule has 2 aromatic rings. The average molecular weight is 609 g/mol. The number of nitrogens with one attached hydrogen (secondary N) is 1. The summed E-state index contributed by atoms with van der Waals surface area (Å²) in [6.45, 7) is 23.0. The molecule has 228 valence electrons. The smallest absolute Gasteiger partial charge is 0.261 e. The van der Waals surface area contributed by atoms with Gasteiger partial charge in [-0.2, -0.15) is 0 Å². The Bertz CT molecular complexity index is 1240. The van der Waals surface area contributed by atoms with Crippen molar-refractivity contribution in [2.24, 2.45) is 0 Å². The van der Waals surface area contributed by atoms with Crippen LogP contribution in [0.5, 0.6) is 0 Å². The summed E-state index contributed by atoms with van der Waals surface area (Å²) in [6.07, 6.45) is 3.29. The highest BCUT2D eigenvalue weighted by Gasteiger charge is 2.57. The number of nitrogens with zero attached hydrogens (tertiary/aromatic N) is 1. The molecule has 0 saturated carbocycles. The SMILES string of the molecule is C=C=C[C@]1(CO[Si](c2ccccc2)(c2ccccc2)C(C)(C)C)O[C@@H](N2C=C(F)CNC2)C[C@@H]1O[Si](C)(C)C(C)(C)C. The van der Waals surface area contributed by atoms with E-state index in [1.165, 1.54) is 10.4 Å².